The molecule has 0 aliphatic carbocycles. The van der Waals surface area contributed by atoms with E-state index >= 15 is 0 Å². The van der Waals surface area contributed by atoms with Crippen LogP contribution in [0.3, 0.4) is 0 Å². The van der Waals surface area contributed by atoms with E-state index in [0.29, 0.717) is 43.9 Å². The third-order valence-electron chi connectivity index (χ3n) is 7.04. The molecule has 0 fully saturated rings. The van der Waals surface area contributed by atoms with Gasteiger partial charge in [-0.05, 0) is 54.7 Å². The zero-order valence-corrected chi connectivity index (χ0v) is 23.1. The van der Waals surface area contributed by atoms with Crippen molar-refractivity contribution in [3.63, 3.8) is 0 Å². The molecule has 5 aromatic rings. The highest BCUT2D eigenvalue weighted by atomic mass is 32.1. The van der Waals surface area contributed by atoms with Gasteiger partial charge >= 0.3 is 4.87 Å². The molecule has 8 heteroatoms. The van der Waals surface area contributed by atoms with Crippen molar-refractivity contribution < 1.29 is 19.8 Å². The number of fused-ring (bicyclic) bond motifs is 1. The molecule has 1 unspecified atom stereocenters. The number of aliphatic carboxylic acids is 1. The Morgan fingerprint density at radius 1 is 0.902 bits per heavy atom. The fourth-order valence-electron chi connectivity index (χ4n) is 4.85. The number of carbonyl (C=O) groups is 1. The van der Waals surface area contributed by atoms with Gasteiger partial charge in [-0.25, -0.2) is 0 Å². The molecular weight excluding hydrogens is 536 g/mol. The minimum atomic E-state index is -1.04. The molecule has 5 rings (SSSR count). The van der Waals surface area contributed by atoms with Crippen molar-refractivity contribution >= 4 is 33.2 Å². The van der Waals surface area contributed by atoms with Crippen LogP contribution in [0.2, 0.25) is 0 Å². The number of rotatable bonds is 12. The van der Waals surface area contributed by atoms with E-state index in [1.165, 1.54) is 0 Å². The molecule has 0 spiro atoms. The molecule has 1 aromatic heterocycles. The van der Waals surface area contributed by atoms with Gasteiger partial charge in [-0.3, -0.25) is 9.36 Å². The number of hydrogen-bond acceptors (Lipinski definition) is 7. The molecule has 0 bridgehead atoms. The highest BCUT2D eigenvalue weighted by Gasteiger charge is 2.14. The Kier molecular flexibility index (Phi) is 8.91. The van der Waals surface area contributed by atoms with Crippen LogP contribution < -0.4 is 14.7 Å². The molecule has 0 aliphatic heterocycles. The quantitative estimate of drug-likeness (QED) is 0.132. The summed E-state index contributed by atoms with van der Waals surface area (Å²) in [5.41, 5.74) is 4.73. The predicted octanol–water partition coefficient (Wildman–Crippen LogP) is 4.91. The summed E-state index contributed by atoms with van der Waals surface area (Å²) in [5.74, 6) is -0.972. The molecule has 1 atom stereocenters. The SMILES string of the molecule is O=C([O-])C(CCc1ccccc1)Cc1ccc(OCCn2c(=O)sc3cc(/C(=N/O)c4ccccc4)ccc32)cc1. The van der Waals surface area contributed by atoms with Crippen LogP contribution in [0.25, 0.3) is 10.2 Å². The monoisotopic (exact) mass is 565 g/mol. The van der Waals surface area contributed by atoms with Gasteiger partial charge in [0.05, 0.1) is 16.8 Å². The average molecular weight is 566 g/mol. The maximum Gasteiger partial charge on any atom is 0.308 e. The molecule has 0 radical (unpaired) electrons. The topological polar surface area (TPSA) is 104 Å². The molecule has 4 aromatic carbocycles. The minimum absolute atomic E-state index is 0.0953. The summed E-state index contributed by atoms with van der Waals surface area (Å²) in [6.45, 7) is 0.657. The van der Waals surface area contributed by atoms with Gasteiger partial charge in [0.1, 0.15) is 18.1 Å². The minimum Gasteiger partial charge on any atom is -0.550 e. The average Bonchev–Trinajstić information content (AvgIpc) is 3.31. The number of carboxylic acid groups (broad SMARTS) is 1. The van der Waals surface area contributed by atoms with Crippen molar-refractivity contribution in [2.45, 2.75) is 25.8 Å². The zero-order chi connectivity index (χ0) is 28.6. The van der Waals surface area contributed by atoms with E-state index < -0.39 is 11.9 Å². The van der Waals surface area contributed by atoms with Gasteiger partial charge < -0.3 is 19.8 Å². The highest BCUT2D eigenvalue weighted by molar-refractivity contribution is 7.16. The number of carboxylic acids is 1. The first-order valence-corrected chi connectivity index (χ1v) is 14.2. The van der Waals surface area contributed by atoms with Crippen LogP contribution in [-0.2, 0) is 24.2 Å². The molecule has 0 aliphatic rings. The Hall–Kier alpha value is -4.69. The normalized spacial score (nSPS) is 12.3. The number of oxime groups is 1. The summed E-state index contributed by atoms with van der Waals surface area (Å²) < 4.78 is 8.37. The van der Waals surface area contributed by atoms with Crippen molar-refractivity contribution in [3.8, 4) is 5.75 Å². The van der Waals surface area contributed by atoms with E-state index in [-0.39, 0.29) is 4.87 Å². The van der Waals surface area contributed by atoms with E-state index in [1.54, 1.807) is 4.57 Å². The fourth-order valence-corrected chi connectivity index (χ4v) is 5.81. The molecule has 0 saturated heterocycles. The molecule has 1 heterocycles. The highest BCUT2D eigenvalue weighted by Crippen LogP contribution is 2.22. The number of nitrogens with zero attached hydrogens (tertiary/aromatic N) is 2. The molecule has 0 saturated carbocycles. The third kappa shape index (κ3) is 6.91. The Morgan fingerprint density at radius 2 is 1.61 bits per heavy atom. The van der Waals surface area contributed by atoms with E-state index in [1.807, 2.05) is 103 Å². The van der Waals surface area contributed by atoms with Gasteiger partial charge in [0.25, 0.3) is 0 Å². The molecule has 1 N–H and O–H groups in total. The molecule has 0 amide bonds. The van der Waals surface area contributed by atoms with Gasteiger partial charge in [-0.1, -0.05) is 95.4 Å². The first kappa shape index (κ1) is 27.9. The van der Waals surface area contributed by atoms with Crippen LogP contribution in [0.15, 0.2) is 113 Å². The first-order valence-electron chi connectivity index (χ1n) is 13.4. The van der Waals surface area contributed by atoms with E-state index in [9.17, 15) is 19.9 Å². The van der Waals surface area contributed by atoms with Crippen molar-refractivity contribution in [1.82, 2.24) is 4.57 Å². The van der Waals surface area contributed by atoms with Crippen LogP contribution in [0.4, 0.5) is 0 Å². The largest absolute Gasteiger partial charge is 0.550 e. The van der Waals surface area contributed by atoms with Gasteiger partial charge in [-0.15, -0.1) is 0 Å². The Balaban J connectivity index is 1.19. The van der Waals surface area contributed by atoms with E-state index in [2.05, 4.69) is 5.16 Å². The Bertz CT molecular complexity index is 1690. The van der Waals surface area contributed by atoms with Crippen molar-refractivity contribution in [2.75, 3.05) is 6.61 Å². The second kappa shape index (κ2) is 13.1. The second-order valence-corrected chi connectivity index (χ2v) is 10.7. The molecule has 208 valence electrons. The van der Waals surface area contributed by atoms with E-state index in [0.717, 1.165) is 43.8 Å². The molecule has 41 heavy (non-hydrogen) atoms. The maximum atomic E-state index is 12.7. The number of aryl methyl sites for hydroxylation is 1. The van der Waals surface area contributed by atoms with Gasteiger partial charge in [0.15, 0.2) is 0 Å². The van der Waals surface area contributed by atoms with Gasteiger partial charge in [0.2, 0.25) is 0 Å². The Morgan fingerprint density at radius 3 is 2.29 bits per heavy atom. The summed E-state index contributed by atoms with van der Waals surface area (Å²) in [5, 5.41) is 24.8. The number of hydrogen-bond donors (Lipinski definition) is 1. The second-order valence-electron chi connectivity index (χ2n) is 9.75. The van der Waals surface area contributed by atoms with Gasteiger partial charge in [0, 0.05) is 23.0 Å². The lowest BCUT2D eigenvalue weighted by Crippen LogP contribution is -2.33. The lowest BCUT2D eigenvalue weighted by Gasteiger charge is -2.18. The summed E-state index contributed by atoms with van der Waals surface area (Å²) >= 11 is 1.14. The third-order valence-corrected chi connectivity index (χ3v) is 7.98. The lowest BCUT2D eigenvalue weighted by atomic mass is 9.93. The summed E-state index contributed by atoms with van der Waals surface area (Å²) in [6.07, 6.45) is 1.58. The number of benzene rings is 4. The summed E-state index contributed by atoms with van der Waals surface area (Å²) in [6, 6.07) is 32.1. The molecule has 7 nitrogen and oxygen atoms in total. The number of ether oxygens (including phenoxy) is 1. The maximum absolute atomic E-state index is 12.7. The lowest BCUT2D eigenvalue weighted by molar-refractivity contribution is -0.311. The first-order chi connectivity index (χ1) is 20.0. The number of carbonyl (C=O) groups excluding carboxylic acids is 1. The van der Waals surface area contributed by atoms with Crippen molar-refractivity contribution in [1.29, 1.82) is 0 Å². The standard InChI is InChI=1S/C33H30N2O5S/c36-32(37)27(14-11-23-7-3-1-4-8-23)21-24-12-16-28(17-13-24)40-20-19-35-29-18-15-26(22-30(29)41-33(35)38)31(34-39)25-9-5-2-6-10-25/h1-10,12-13,15-18,22,27,39H,11,14,19-21H2,(H,36,37)/p-1/b34-31+. The smallest absolute Gasteiger partial charge is 0.308 e. The van der Waals surface area contributed by atoms with Crippen LogP contribution in [0.1, 0.15) is 28.7 Å². The number of aromatic nitrogens is 1. The van der Waals surface area contributed by atoms with Gasteiger partial charge in [-0.2, -0.15) is 0 Å². The van der Waals surface area contributed by atoms with Crippen LogP contribution >= 0.6 is 11.3 Å². The molecular formula is C33H29N2O5S-. The van der Waals surface area contributed by atoms with Crippen LogP contribution in [0.5, 0.6) is 5.75 Å². The van der Waals surface area contributed by atoms with E-state index in [4.69, 9.17) is 4.74 Å². The Labute approximate surface area is 241 Å². The van der Waals surface area contributed by atoms with Crippen LogP contribution in [0, 0.1) is 5.92 Å². The number of thiazole rings is 1. The van der Waals surface area contributed by atoms with Crippen molar-refractivity contribution in [3.05, 3.63) is 135 Å². The van der Waals surface area contributed by atoms with Crippen molar-refractivity contribution in [2.24, 2.45) is 11.1 Å². The zero-order valence-electron chi connectivity index (χ0n) is 22.3. The summed E-state index contributed by atoms with van der Waals surface area (Å²) in [7, 11) is 0. The fraction of sp³-hybridized carbons (Fsp3) is 0.182. The summed E-state index contributed by atoms with van der Waals surface area (Å²) in [4.78, 5) is 24.4. The predicted molar refractivity (Wildman–Crippen MR) is 159 cm³/mol. The van der Waals surface area contributed by atoms with Crippen LogP contribution in [-0.4, -0.2) is 28.1 Å².